The molecule has 3 aromatic heterocycles. The van der Waals surface area contributed by atoms with E-state index in [4.69, 9.17) is 4.74 Å². The van der Waals surface area contributed by atoms with Crippen LogP contribution in [0.5, 0.6) is 0 Å². The Kier molecular flexibility index (Phi) is 5.09. The van der Waals surface area contributed by atoms with Crippen molar-refractivity contribution < 1.29 is 9.53 Å². The summed E-state index contributed by atoms with van der Waals surface area (Å²) >= 11 is 0. The number of ether oxygens (including phenoxy) is 1. The van der Waals surface area contributed by atoms with Crippen LogP contribution in [-0.2, 0) is 18.3 Å². The third kappa shape index (κ3) is 4.12. The summed E-state index contributed by atoms with van der Waals surface area (Å²) in [5.74, 6) is 1.37. The molecule has 2 atom stereocenters. The van der Waals surface area contributed by atoms with E-state index in [9.17, 15) is 4.79 Å². The van der Waals surface area contributed by atoms with Crippen LogP contribution in [0.25, 0.3) is 22.6 Å². The molecule has 3 aromatic rings. The fourth-order valence-corrected chi connectivity index (χ4v) is 4.29. The minimum absolute atomic E-state index is 0.0481. The summed E-state index contributed by atoms with van der Waals surface area (Å²) in [6.45, 7) is 6.16. The Hall–Kier alpha value is -3.00. The van der Waals surface area contributed by atoms with E-state index in [0.29, 0.717) is 24.8 Å². The van der Waals surface area contributed by atoms with Crippen LogP contribution in [-0.4, -0.2) is 60.4 Å². The molecule has 1 aliphatic heterocycles. The normalized spacial score (nSPS) is 21.5. The summed E-state index contributed by atoms with van der Waals surface area (Å²) in [6.07, 6.45) is 10.00. The Balaban J connectivity index is 1.44. The molecule has 162 valence electrons. The molecule has 5 rings (SSSR count). The topological polar surface area (TPSA) is 78.1 Å². The molecule has 0 bridgehead atoms. The van der Waals surface area contributed by atoms with E-state index in [1.54, 1.807) is 10.9 Å². The first kappa shape index (κ1) is 19.9. The Morgan fingerprint density at radius 1 is 1.13 bits per heavy atom. The van der Waals surface area contributed by atoms with E-state index >= 15 is 0 Å². The third-order valence-corrected chi connectivity index (χ3v) is 6.01. The van der Waals surface area contributed by atoms with Gasteiger partial charge in [-0.1, -0.05) is 0 Å². The van der Waals surface area contributed by atoms with E-state index in [1.165, 1.54) is 12.8 Å². The summed E-state index contributed by atoms with van der Waals surface area (Å²) in [4.78, 5) is 24.4. The lowest BCUT2D eigenvalue weighted by Crippen LogP contribution is -2.48. The molecule has 1 aliphatic carbocycles. The third-order valence-electron chi connectivity index (χ3n) is 6.01. The number of morpholine rings is 1. The molecule has 2 aliphatic rings. The second kappa shape index (κ2) is 7.92. The van der Waals surface area contributed by atoms with E-state index in [1.807, 2.05) is 50.3 Å². The van der Waals surface area contributed by atoms with Crippen molar-refractivity contribution in [3.8, 4) is 22.6 Å². The lowest BCUT2D eigenvalue weighted by Gasteiger charge is -2.35. The molecule has 1 saturated heterocycles. The number of amides is 1. The van der Waals surface area contributed by atoms with Crippen molar-refractivity contribution in [3.63, 3.8) is 0 Å². The maximum Gasteiger partial charge on any atom is 0.270 e. The van der Waals surface area contributed by atoms with Crippen LogP contribution in [0.3, 0.4) is 0 Å². The predicted octanol–water partition coefficient (Wildman–Crippen LogP) is 3.01. The first-order valence-corrected chi connectivity index (χ1v) is 10.9. The lowest BCUT2D eigenvalue weighted by atomic mass is 10.1. The standard InChI is InChI=1S/C23H28N6O2/c1-15-11-29(12-16(2)31-15)23(30)21-8-18(14-28(21)13-17-4-5-17)19-9-24-22(25-10-19)20-6-7-26-27(20)3/h6-10,14-17H,4-5,11-13H2,1-3H3. The molecule has 2 fully saturated rings. The molecule has 8 heteroatoms. The summed E-state index contributed by atoms with van der Waals surface area (Å²) in [6, 6.07) is 3.88. The van der Waals surface area contributed by atoms with Crippen molar-refractivity contribution in [2.24, 2.45) is 13.0 Å². The second-order valence-electron chi connectivity index (χ2n) is 8.81. The molecule has 2 unspecified atom stereocenters. The number of rotatable bonds is 5. The molecule has 0 spiro atoms. The van der Waals surface area contributed by atoms with Crippen molar-refractivity contribution in [1.82, 2.24) is 29.2 Å². The average molecular weight is 421 g/mol. The van der Waals surface area contributed by atoms with Gasteiger partial charge in [-0.05, 0) is 44.7 Å². The van der Waals surface area contributed by atoms with Crippen LogP contribution >= 0.6 is 0 Å². The number of aryl methyl sites for hydroxylation is 1. The van der Waals surface area contributed by atoms with Crippen molar-refractivity contribution in [2.45, 2.75) is 45.4 Å². The Labute approximate surface area is 181 Å². The van der Waals surface area contributed by atoms with Gasteiger partial charge in [0.1, 0.15) is 11.4 Å². The molecule has 0 radical (unpaired) electrons. The summed E-state index contributed by atoms with van der Waals surface area (Å²) in [5.41, 5.74) is 3.47. The molecular weight excluding hydrogens is 392 g/mol. The predicted molar refractivity (Wildman–Crippen MR) is 116 cm³/mol. The first-order chi connectivity index (χ1) is 15.0. The highest BCUT2D eigenvalue weighted by atomic mass is 16.5. The molecule has 0 aromatic carbocycles. The monoisotopic (exact) mass is 420 g/mol. The summed E-state index contributed by atoms with van der Waals surface area (Å²) in [5, 5.41) is 4.18. The van der Waals surface area contributed by atoms with Crippen LogP contribution in [0.1, 0.15) is 37.2 Å². The Morgan fingerprint density at radius 2 is 1.84 bits per heavy atom. The van der Waals surface area contributed by atoms with Gasteiger partial charge in [0.05, 0.1) is 12.2 Å². The van der Waals surface area contributed by atoms with Crippen LogP contribution in [0, 0.1) is 5.92 Å². The fraction of sp³-hybridized carbons (Fsp3) is 0.478. The highest BCUT2D eigenvalue weighted by Crippen LogP contribution is 2.33. The first-order valence-electron chi connectivity index (χ1n) is 10.9. The van der Waals surface area contributed by atoms with Crippen LogP contribution < -0.4 is 0 Å². The van der Waals surface area contributed by atoms with Crippen molar-refractivity contribution in [2.75, 3.05) is 13.1 Å². The van der Waals surface area contributed by atoms with E-state index < -0.39 is 0 Å². The number of aromatic nitrogens is 5. The van der Waals surface area contributed by atoms with Crippen molar-refractivity contribution in [1.29, 1.82) is 0 Å². The van der Waals surface area contributed by atoms with E-state index in [2.05, 4.69) is 25.8 Å². The maximum atomic E-state index is 13.4. The van der Waals surface area contributed by atoms with Gasteiger partial charge in [0.25, 0.3) is 5.91 Å². The number of carbonyl (C=O) groups is 1. The quantitative estimate of drug-likeness (QED) is 0.634. The molecule has 4 heterocycles. The van der Waals surface area contributed by atoms with Crippen LogP contribution in [0.4, 0.5) is 0 Å². The zero-order chi connectivity index (χ0) is 21.5. The minimum Gasteiger partial charge on any atom is -0.372 e. The second-order valence-corrected chi connectivity index (χ2v) is 8.81. The zero-order valence-corrected chi connectivity index (χ0v) is 18.2. The molecule has 1 amide bonds. The van der Waals surface area contributed by atoms with Gasteiger partial charge in [-0.25, -0.2) is 9.97 Å². The summed E-state index contributed by atoms with van der Waals surface area (Å²) in [7, 11) is 1.87. The van der Waals surface area contributed by atoms with Gasteiger partial charge in [0.15, 0.2) is 5.82 Å². The largest absolute Gasteiger partial charge is 0.372 e. The van der Waals surface area contributed by atoms with Crippen molar-refractivity contribution >= 4 is 5.91 Å². The van der Waals surface area contributed by atoms with Gasteiger partial charge < -0.3 is 14.2 Å². The molecule has 1 saturated carbocycles. The number of nitrogens with zero attached hydrogens (tertiary/aromatic N) is 6. The highest BCUT2D eigenvalue weighted by molar-refractivity contribution is 5.94. The average Bonchev–Trinajstić information content (AvgIpc) is 3.30. The van der Waals surface area contributed by atoms with Crippen molar-refractivity contribution in [3.05, 3.63) is 42.6 Å². The molecule has 8 nitrogen and oxygen atoms in total. The van der Waals surface area contributed by atoms with E-state index in [-0.39, 0.29) is 18.1 Å². The number of hydrogen-bond donors (Lipinski definition) is 0. The van der Waals surface area contributed by atoms with Gasteiger partial charge in [-0.3, -0.25) is 9.48 Å². The Bertz CT molecular complexity index is 1070. The summed E-state index contributed by atoms with van der Waals surface area (Å²) < 4.78 is 9.68. The SMILES string of the molecule is CC1CN(C(=O)c2cc(-c3cnc(-c4ccnn4C)nc3)cn2CC2CC2)CC(C)O1. The van der Waals surface area contributed by atoms with Crippen LogP contribution in [0.2, 0.25) is 0 Å². The molecule has 0 N–H and O–H groups in total. The minimum atomic E-state index is 0.0481. The van der Waals surface area contributed by atoms with Gasteiger partial charge in [0.2, 0.25) is 0 Å². The molecule has 31 heavy (non-hydrogen) atoms. The highest BCUT2D eigenvalue weighted by Gasteiger charge is 2.30. The van der Waals surface area contributed by atoms with Gasteiger partial charge in [-0.2, -0.15) is 5.10 Å². The van der Waals surface area contributed by atoms with E-state index in [0.717, 1.165) is 29.1 Å². The lowest BCUT2D eigenvalue weighted by molar-refractivity contribution is -0.0588. The zero-order valence-electron chi connectivity index (χ0n) is 18.2. The fourth-order valence-electron chi connectivity index (χ4n) is 4.29. The maximum absolute atomic E-state index is 13.4. The molecular formula is C23H28N6O2. The van der Waals surface area contributed by atoms with Gasteiger partial charge in [-0.15, -0.1) is 0 Å². The van der Waals surface area contributed by atoms with Gasteiger partial charge in [0, 0.05) is 62.6 Å². The van der Waals surface area contributed by atoms with Gasteiger partial charge >= 0.3 is 0 Å². The number of hydrogen-bond acceptors (Lipinski definition) is 5. The van der Waals surface area contributed by atoms with Crippen LogP contribution in [0.15, 0.2) is 36.9 Å². The number of carbonyl (C=O) groups excluding carboxylic acids is 1. The smallest absolute Gasteiger partial charge is 0.270 e. The Morgan fingerprint density at radius 3 is 2.45 bits per heavy atom.